The molecule has 0 aromatic heterocycles. The van der Waals surface area contributed by atoms with E-state index in [1.165, 1.54) is 6.42 Å². The fourth-order valence-corrected chi connectivity index (χ4v) is 14.2. The van der Waals surface area contributed by atoms with E-state index < -0.39 is 5.54 Å². The van der Waals surface area contributed by atoms with Crippen molar-refractivity contribution in [2.75, 3.05) is 74.9 Å². The van der Waals surface area contributed by atoms with Crippen molar-refractivity contribution < 1.29 is 57.8 Å². The number of ether oxygens (including phenoxy) is 6. The highest BCUT2D eigenvalue weighted by molar-refractivity contribution is 6.32. The van der Waals surface area contributed by atoms with Gasteiger partial charge in [0.1, 0.15) is 6.61 Å². The van der Waals surface area contributed by atoms with Crippen LogP contribution in [0.3, 0.4) is 0 Å². The standard InChI is InChI=1S/C20H22ClNO3.C20H22ClNO2.C19H22ClNO3.C19H20ClNO2.C18H20ClNO2/c1-25-13-16-3-2-15(20(24)22-10-8-18(23)9-11-22)12-19(16)14-4-6-17(21)7-5-14;1-24-14-17-6-5-16(20(23)22-11-3-2-4-12-22)13-19(17)15-7-9-18(21)10-8-15;1-19(2,12-22)21-18(23)14-6-9-17(15(10-14)11-24-3)13-4-7-16(20)8-5-13;1-19(2)12-23-18(21-19)14-6-9-17(15(10-14)11-22-3)13-4-7-16(20)8-5-13;1-12(2)20-18(21)14-4-5-15(11-22-3)17(10-14)13-6-8-16(19)9-7-13/h2-7,12,18,23H,8-11,13H2,1H3;5-10,13H,2-4,11-12,14H2,1H3;4-10,22H,11-12H2,1-3H3,(H,21,23);4-10H,11-12H2,1-3H3;4-10,12H,11H2,1-3H3,(H,20,21). The second-order valence-electron chi connectivity index (χ2n) is 30.6. The molecule has 13 rings (SSSR count). The van der Waals surface area contributed by atoms with Crippen molar-refractivity contribution in [2.24, 2.45) is 4.99 Å². The van der Waals surface area contributed by atoms with Crippen molar-refractivity contribution in [3.05, 3.63) is 293 Å². The summed E-state index contributed by atoms with van der Waals surface area (Å²) >= 11 is 29.9. The SMILES string of the molecule is COCc1cc(C(=O)NC(C)(C)CO)ccc1-c1ccc(Cl)cc1.COCc1cc(C2=NC(C)(C)CO2)ccc1-c1ccc(Cl)cc1.COCc1ccc(C(=O)N2CCC(O)CC2)cc1-c1ccc(Cl)cc1.COCc1ccc(C(=O)N2CCCCC2)cc1-c1ccc(Cl)cc1.COCc1ccc(C(=O)NC(C)C)cc1-c1ccc(Cl)cc1. The van der Waals surface area contributed by atoms with Gasteiger partial charge in [-0.1, -0.05) is 149 Å². The summed E-state index contributed by atoms with van der Waals surface area (Å²) in [5.74, 6) is 0.526. The Bertz CT molecular complexity index is 4990. The summed E-state index contributed by atoms with van der Waals surface area (Å²) in [5.41, 5.74) is 18.1. The molecule has 17 nitrogen and oxygen atoms in total. The number of aliphatic hydroxyl groups is 2. The Morgan fingerprint density at radius 3 is 1.14 bits per heavy atom. The highest BCUT2D eigenvalue weighted by Gasteiger charge is 2.29. The molecule has 0 saturated carbocycles. The predicted octanol–water partition coefficient (Wildman–Crippen LogP) is 21.2. The summed E-state index contributed by atoms with van der Waals surface area (Å²) in [6.45, 7) is 17.3. The largest absolute Gasteiger partial charge is 0.475 e. The van der Waals surface area contributed by atoms with Crippen LogP contribution in [0.2, 0.25) is 25.1 Å². The topological polar surface area (TPSA) is 207 Å². The van der Waals surface area contributed by atoms with Crippen LogP contribution in [0.1, 0.15) is 148 Å². The van der Waals surface area contributed by atoms with Crippen LogP contribution in [0.4, 0.5) is 0 Å². The van der Waals surface area contributed by atoms with Gasteiger partial charge < -0.3 is 59.1 Å². The Balaban J connectivity index is 0.000000168. The quantitative estimate of drug-likeness (QED) is 0.0472. The maximum atomic E-state index is 12.8. The van der Waals surface area contributed by atoms with E-state index in [1.807, 2.05) is 218 Å². The molecule has 0 aliphatic carbocycles. The van der Waals surface area contributed by atoms with E-state index in [-0.39, 0.29) is 47.9 Å². The first-order chi connectivity index (χ1) is 56.6. The van der Waals surface area contributed by atoms with Gasteiger partial charge in [-0.2, -0.15) is 0 Å². The van der Waals surface area contributed by atoms with E-state index in [2.05, 4.69) is 41.6 Å². The molecule has 0 atom stereocenters. The summed E-state index contributed by atoms with van der Waals surface area (Å²) in [7, 11) is 8.31. The minimum atomic E-state index is -0.673. The number of amides is 4. The molecule has 4 N–H and O–H groups in total. The predicted molar refractivity (Wildman–Crippen MR) is 477 cm³/mol. The average molecular weight is 1700 g/mol. The number of methoxy groups -OCH3 is 5. The van der Waals surface area contributed by atoms with E-state index in [9.17, 15) is 29.4 Å². The van der Waals surface area contributed by atoms with Gasteiger partial charge in [-0.05, 0) is 278 Å². The van der Waals surface area contributed by atoms with E-state index >= 15 is 0 Å². The van der Waals surface area contributed by atoms with Crippen LogP contribution in [0.5, 0.6) is 0 Å². The lowest BCUT2D eigenvalue weighted by atomic mass is 9.96. The number of carbonyl (C=O) groups is 4. The molecular formula is C96H106Cl5N5O12. The molecule has 3 aliphatic rings. The lowest BCUT2D eigenvalue weighted by molar-refractivity contribution is 0.0545. The van der Waals surface area contributed by atoms with Crippen molar-refractivity contribution in [2.45, 2.75) is 130 Å². The Labute approximate surface area is 719 Å². The van der Waals surface area contributed by atoms with Gasteiger partial charge >= 0.3 is 0 Å². The lowest BCUT2D eigenvalue weighted by Gasteiger charge is -2.29. The van der Waals surface area contributed by atoms with E-state index in [0.29, 0.717) is 108 Å². The third-order valence-corrected chi connectivity index (χ3v) is 21.0. The Kier molecular flexibility index (Phi) is 35.5. The molecule has 0 unspecified atom stereocenters. The second-order valence-corrected chi connectivity index (χ2v) is 32.8. The number of aliphatic imine (C=N–C) groups is 1. The van der Waals surface area contributed by atoms with Crippen LogP contribution in [0, 0.1) is 0 Å². The molecule has 4 amide bonds. The van der Waals surface area contributed by atoms with Crippen molar-refractivity contribution in [1.82, 2.24) is 20.4 Å². The molecule has 0 spiro atoms. The number of aliphatic hydroxyl groups excluding tert-OH is 2. The second kappa shape index (κ2) is 45.2. The first-order valence-corrected chi connectivity index (χ1v) is 41.1. The first-order valence-electron chi connectivity index (χ1n) is 39.3. The molecule has 622 valence electrons. The first kappa shape index (κ1) is 92.6. The molecule has 2 fully saturated rings. The van der Waals surface area contributed by atoms with Crippen LogP contribution in [0.15, 0.2) is 217 Å². The molecule has 10 aromatic carbocycles. The van der Waals surface area contributed by atoms with Crippen LogP contribution in [0.25, 0.3) is 55.6 Å². The van der Waals surface area contributed by atoms with Gasteiger partial charge in [-0.15, -0.1) is 0 Å². The number of halogens is 5. The molecular weight excluding hydrogens is 1590 g/mol. The van der Waals surface area contributed by atoms with Gasteiger partial charge in [0, 0.05) is 121 Å². The van der Waals surface area contributed by atoms with E-state index in [0.717, 1.165) is 126 Å². The number of nitrogens with one attached hydrogen (secondary N) is 2. The number of likely N-dealkylation sites (tertiary alicyclic amines) is 2. The lowest BCUT2D eigenvalue weighted by Crippen LogP contribution is -2.46. The number of carbonyl (C=O) groups excluding carboxylic acids is 4. The molecule has 22 heteroatoms. The molecule has 3 heterocycles. The van der Waals surface area contributed by atoms with Crippen molar-refractivity contribution in [3.8, 4) is 55.6 Å². The molecule has 2 saturated heterocycles. The Morgan fingerprint density at radius 2 is 0.771 bits per heavy atom. The van der Waals surface area contributed by atoms with Crippen molar-refractivity contribution >= 4 is 87.5 Å². The van der Waals surface area contributed by atoms with Gasteiger partial charge in [-0.25, -0.2) is 4.99 Å². The Hall–Kier alpha value is -9.28. The maximum absolute atomic E-state index is 12.8. The minimum Gasteiger partial charge on any atom is -0.475 e. The number of hydrogen-bond donors (Lipinski definition) is 4. The zero-order chi connectivity index (χ0) is 85.1. The fraction of sp³-hybridized carbons (Fsp3) is 0.323. The molecule has 0 bridgehead atoms. The molecule has 118 heavy (non-hydrogen) atoms. The van der Waals surface area contributed by atoms with Gasteiger partial charge in [0.15, 0.2) is 0 Å². The summed E-state index contributed by atoms with van der Waals surface area (Å²) < 4.78 is 32.2. The van der Waals surface area contributed by atoms with Gasteiger partial charge in [0.2, 0.25) is 5.90 Å². The zero-order valence-electron chi connectivity index (χ0n) is 68.9. The minimum absolute atomic E-state index is 0.00563. The van der Waals surface area contributed by atoms with Crippen molar-refractivity contribution in [3.63, 3.8) is 0 Å². The average Bonchev–Trinajstić information content (AvgIpc) is 1.54. The summed E-state index contributed by atoms with van der Waals surface area (Å²) in [5, 5.41) is 28.1. The van der Waals surface area contributed by atoms with Crippen LogP contribution in [-0.2, 0) is 61.5 Å². The zero-order valence-corrected chi connectivity index (χ0v) is 72.7. The van der Waals surface area contributed by atoms with Crippen LogP contribution < -0.4 is 10.6 Å². The normalized spacial score (nSPS) is 13.7. The molecule has 10 aromatic rings. The summed E-state index contributed by atoms with van der Waals surface area (Å²) in [6, 6.07) is 67.3. The number of benzene rings is 10. The number of piperidine rings is 2. The molecule has 0 radical (unpaired) electrons. The maximum Gasteiger partial charge on any atom is 0.253 e. The number of rotatable bonds is 23. The third kappa shape index (κ3) is 27.1. The number of hydrogen-bond acceptors (Lipinski definition) is 13. The van der Waals surface area contributed by atoms with Gasteiger partial charge in [0.05, 0.1) is 56.8 Å². The van der Waals surface area contributed by atoms with Crippen molar-refractivity contribution in [1.29, 1.82) is 0 Å². The summed E-state index contributed by atoms with van der Waals surface area (Å²) in [6.07, 6.45) is 4.38. The number of nitrogens with zero attached hydrogens (tertiary/aromatic N) is 3. The summed E-state index contributed by atoms with van der Waals surface area (Å²) in [4.78, 5) is 58.6. The van der Waals surface area contributed by atoms with Crippen LogP contribution in [-0.4, -0.2) is 148 Å². The highest BCUT2D eigenvalue weighted by Crippen LogP contribution is 2.35. The Morgan fingerprint density at radius 1 is 0.441 bits per heavy atom. The third-order valence-electron chi connectivity index (χ3n) is 19.7. The van der Waals surface area contributed by atoms with Crippen LogP contribution >= 0.6 is 58.0 Å². The van der Waals surface area contributed by atoms with Gasteiger partial charge in [0.25, 0.3) is 23.6 Å². The highest BCUT2D eigenvalue weighted by atomic mass is 35.5. The van der Waals surface area contributed by atoms with Gasteiger partial charge in [-0.3, -0.25) is 19.2 Å². The monoisotopic (exact) mass is 1700 g/mol. The molecule has 3 aliphatic heterocycles. The fourth-order valence-electron chi connectivity index (χ4n) is 13.5. The van der Waals surface area contributed by atoms with E-state index in [1.54, 1.807) is 55.5 Å². The smallest absolute Gasteiger partial charge is 0.253 e. The van der Waals surface area contributed by atoms with E-state index in [4.69, 9.17) is 86.4 Å².